The molecule has 1 amide bonds. The molecule has 1 saturated carbocycles. The van der Waals surface area contributed by atoms with Gasteiger partial charge in [-0.2, -0.15) is 0 Å². The molecule has 1 N–H and O–H groups in total. The fourth-order valence-corrected chi connectivity index (χ4v) is 4.26. The number of amides is 1. The summed E-state index contributed by atoms with van der Waals surface area (Å²) in [7, 11) is 0. The van der Waals surface area contributed by atoms with Crippen LogP contribution in [0.2, 0.25) is 0 Å². The molecule has 2 aliphatic rings. The number of imidazole rings is 1. The maximum absolute atomic E-state index is 12.2. The van der Waals surface area contributed by atoms with E-state index in [0.717, 1.165) is 23.5 Å². The molecule has 5 heteroatoms. The van der Waals surface area contributed by atoms with Crippen LogP contribution in [0, 0.1) is 24.7 Å². The summed E-state index contributed by atoms with van der Waals surface area (Å²) >= 11 is 1.67. The van der Waals surface area contributed by atoms with Gasteiger partial charge in [0.15, 0.2) is 4.96 Å². The molecule has 0 aromatic carbocycles. The van der Waals surface area contributed by atoms with E-state index >= 15 is 0 Å². The fourth-order valence-electron chi connectivity index (χ4n) is 3.44. The molecule has 0 spiro atoms. The largest absolute Gasteiger partial charge is 0.350 e. The number of hydrogen-bond donors (Lipinski definition) is 1. The Kier molecular flexibility index (Phi) is 2.70. The second-order valence-electron chi connectivity index (χ2n) is 5.87. The van der Waals surface area contributed by atoms with Crippen molar-refractivity contribution >= 4 is 22.2 Å². The maximum atomic E-state index is 12.2. The molecule has 4 rings (SSSR count). The van der Waals surface area contributed by atoms with Crippen LogP contribution < -0.4 is 5.32 Å². The second-order valence-corrected chi connectivity index (χ2v) is 7.08. The standard InChI is InChI=1S/C15H17N3OS/c1-9-7-18-8-12(17-15(18)20-9)6-16-14(19)13-5-10-2-3-11(13)4-10/h2-3,7-8,10-11,13H,4-6H2,1H3,(H,16,19)/t10-,11+,13-/m1/s1. The van der Waals surface area contributed by atoms with Crippen LogP contribution in [-0.2, 0) is 11.3 Å². The number of aromatic nitrogens is 2. The smallest absolute Gasteiger partial charge is 0.224 e. The molecule has 0 aliphatic heterocycles. The lowest BCUT2D eigenvalue weighted by atomic mass is 9.93. The highest BCUT2D eigenvalue weighted by Crippen LogP contribution is 2.43. The average Bonchev–Trinajstić information content (AvgIpc) is 3.14. The lowest BCUT2D eigenvalue weighted by Crippen LogP contribution is -2.32. The third-order valence-electron chi connectivity index (χ3n) is 4.38. The Balaban J connectivity index is 1.41. The van der Waals surface area contributed by atoms with Gasteiger partial charge in [0.05, 0.1) is 12.2 Å². The molecule has 2 aliphatic carbocycles. The summed E-state index contributed by atoms with van der Waals surface area (Å²) in [5.74, 6) is 1.47. The van der Waals surface area contributed by atoms with Gasteiger partial charge in [-0.05, 0) is 31.6 Å². The molecular weight excluding hydrogens is 270 g/mol. The number of aryl methyl sites for hydroxylation is 1. The van der Waals surface area contributed by atoms with Crippen molar-refractivity contribution in [2.45, 2.75) is 26.3 Å². The zero-order chi connectivity index (χ0) is 13.7. The normalized spacial score (nSPS) is 27.6. The van der Waals surface area contributed by atoms with E-state index in [0.29, 0.717) is 18.4 Å². The van der Waals surface area contributed by atoms with Crippen molar-refractivity contribution in [2.24, 2.45) is 17.8 Å². The predicted octanol–water partition coefficient (Wildman–Crippen LogP) is 2.53. The topological polar surface area (TPSA) is 46.4 Å². The Bertz CT molecular complexity index is 668. The summed E-state index contributed by atoms with van der Waals surface area (Å²) in [5, 5.41) is 3.05. The third-order valence-corrected chi connectivity index (χ3v) is 5.29. The van der Waals surface area contributed by atoms with Crippen molar-refractivity contribution < 1.29 is 4.79 Å². The molecule has 2 aromatic heterocycles. The van der Waals surface area contributed by atoms with Crippen molar-refractivity contribution in [1.29, 1.82) is 0 Å². The Labute approximate surface area is 121 Å². The molecule has 2 aromatic rings. The van der Waals surface area contributed by atoms with Crippen LogP contribution in [0.4, 0.5) is 0 Å². The molecule has 0 radical (unpaired) electrons. The van der Waals surface area contributed by atoms with E-state index in [1.54, 1.807) is 11.3 Å². The van der Waals surface area contributed by atoms with Crippen LogP contribution in [0.15, 0.2) is 24.5 Å². The van der Waals surface area contributed by atoms with Gasteiger partial charge in [0.25, 0.3) is 0 Å². The predicted molar refractivity (Wildman–Crippen MR) is 78.5 cm³/mol. The van der Waals surface area contributed by atoms with E-state index < -0.39 is 0 Å². The van der Waals surface area contributed by atoms with Gasteiger partial charge < -0.3 is 5.32 Å². The number of nitrogens with zero attached hydrogens (tertiary/aromatic N) is 2. The number of carbonyl (C=O) groups is 1. The molecule has 20 heavy (non-hydrogen) atoms. The van der Waals surface area contributed by atoms with Gasteiger partial charge in [-0.3, -0.25) is 9.20 Å². The zero-order valence-electron chi connectivity index (χ0n) is 11.4. The molecule has 0 saturated heterocycles. The fraction of sp³-hybridized carbons (Fsp3) is 0.467. The number of thiazole rings is 1. The van der Waals surface area contributed by atoms with Crippen molar-refractivity contribution in [1.82, 2.24) is 14.7 Å². The first kappa shape index (κ1) is 12.1. The molecule has 2 bridgehead atoms. The van der Waals surface area contributed by atoms with Crippen molar-refractivity contribution in [3.05, 3.63) is 35.1 Å². The molecule has 3 atom stereocenters. The lowest BCUT2D eigenvalue weighted by molar-refractivity contribution is -0.125. The van der Waals surface area contributed by atoms with E-state index in [2.05, 4.69) is 35.6 Å². The third kappa shape index (κ3) is 1.97. The SMILES string of the molecule is Cc1cn2cc(CNC(=O)[C@@H]3C[C@@H]4C=C[C@H]3C4)nc2s1. The highest BCUT2D eigenvalue weighted by Gasteiger charge is 2.39. The van der Waals surface area contributed by atoms with Gasteiger partial charge in [-0.1, -0.05) is 12.2 Å². The zero-order valence-corrected chi connectivity index (χ0v) is 12.2. The van der Waals surface area contributed by atoms with E-state index in [-0.39, 0.29) is 11.8 Å². The monoisotopic (exact) mass is 287 g/mol. The summed E-state index contributed by atoms with van der Waals surface area (Å²) in [6.45, 7) is 2.60. The van der Waals surface area contributed by atoms with Crippen LogP contribution in [-0.4, -0.2) is 15.3 Å². The molecule has 2 heterocycles. The average molecular weight is 287 g/mol. The highest BCUT2D eigenvalue weighted by atomic mass is 32.1. The number of rotatable bonds is 3. The van der Waals surface area contributed by atoms with Gasteiger partial charge in [-0.15, -0.1) is 11.3 Å². The van der Waals surface area contributed by atoms with Crippen LogP contribution in [0.3, 0.4) is 0 Å². The molecular formula is C15H17N3OS. The first-order valence-electron chi connectivity index (χ1n) is 7.09. The van der Waals surface area contributed by atoms with E-state index in [1.165, 1.54) is 4.88 Å². The number of nitrogens with one attached hydrogen (secondary N) is 1. The lowest BCUT2D eigenvalue weighted by Gasteiger charge is -2.16. The first-order valence-corrected chi connectivity index (χ1v) is 7.91. The minimum Gasteiger partial charge on any atom is -0.350 e. The highest BCUT2D eigenvalue weighted by molar-refractivity contribution is 7.16. The Morgan fingerprint density at radius 3 is 3.05 bits per heavy atom. The summed E-state index contributed by atoms with van der Waals surface area (Å²) in [6.07, 6.45) is 10.7. The number of fused-ring (bicyclic) bond motifs is 3. The van der Waals surface area contributed by atoms with Crippen LogP contribution in [0.5, 0.6) is 0 Å². The quantitative estimate of drug-likeness (QED) is 0.882. The number of allylic oxidation sites excluding steroid dienone is 2. The molecule has 104 valence electrons. The van der Waals surface area contributed by atoms with Crippen LogP contribution in [0.1, 0.15) is 23.4 Å². The van der Waals surface area contributed by atoms with E-state index in [4.69, 9.17) is 0 Å². The van der Waals surface area contributed by atoms with Crippen molar-refractivity contribution in [3.8, 4) is 0 Å². The minimum atomic E-state index is 0.177. The second kappa shape index (κ2) is 4.45. The molecule has 4 nitrogen and oxygen atoms in total. The van der Waals surface area contributed by atoms with Gasteiger partial charge >= 0.3 is 0 Å². The summed E-state index contributed by atoms with van der Waals surface area (Å²) in [5.41, 5.74) is 0.934. The number of hydrogen-bond acceptors (Lipinski definition) is 3. The van der Waals surface area contributed by atoms with Crippen molar-refractivity contribution in [2.75, 3.05) is 0 Å². The Morgan fingerprint density at radius 1 is 1.45 bits per heavy atom. The molecule has 1 fully saturated rings. The first-order chi connectivity index (χ1) is 9.69. The van der Waals surface area contributed by atoms with Crippen LogP contribution in [0.25, 0.3) is 4.96 Å². The molecule has 0 unspecified atom stereocenters. The van der Waals surface area contributed by atoms with Crippen LogP contribution >= 0.6 is 11.3 Å². The Morgan fingerprint density at radius 2 is 2.35 bits per heavy atom. The van der Waals surface area contributed by atoms with Gasteiger partial charge in [0.2, 0.25) is 5.91 Å². The van der Waals surface area contributed by atoms with Gasteiger partial charge in [0.1, 0.15) is 0 Å². The summed E-state index contributed by atoms with van der Waals surface area (Å²) in [4.78, 5) is 19.0. The van der Waals surface area contributed by atoms with Crippen molar-refractivity contribution in [3.63, 3.8) is 0 Å². The van der Waals surface area contributed by atoms with Gasteiger partial charge in [-0.25, -0.2) is 4.98 Å². The summed E-state index contributed by atoms with van der Waals surface area (Å²) < 4.78 is 2.03. The maximum Gasteiger partial charge on any atom is 0.224 e. The number of carbonyl (C=O) groups excluding carboxylic acids is 1. The van der Waals surface area contributed by atoms with Gasteiger partial charge in [0, 0.05) is 23.2 Å². The Hall–Kier alpha value is -1.62. The summed E-state index contributed by atoms with van der Waals surface area (Å²) in [6, 6.07) is 0. The van der Waals surface area contributed by atoms with E-state index in [9.17, 15) is 4.79 Å². The minimum absolute atomic E-state index is 0.177. The van der Waals surface area contributed by atoms with E-state index in [1.807, 2.05) is 10.6 Å².